The molecule has 1 amide bonds. The maximum absolute atomic E-state index is 13.3. The fraction of sp³-hybridized carbons (Fsp3) is 0.391. The van der Waals surface area contributed by atoms with Gasteiger partial charge < -0.3 is 29.9 Å². The average molecular weight is 494 g/mol. The summed E-state index contributed by atoms with van der Waals surface area (Å²) in [6, 6.07) is 10.6. The number of rotatable bonds is 5. The highest BCUT2D eigenvalue weighted by Crippen LogP contribution is 2.42. The Kier molecular flexibility index (Phi) is 7.22. The van der Waals surface area contributed by atoms with Gasteiger partial charge in [-0.25, -0.2) is 9.18 Å². The number of nitrogens with zero attached hydrogens (tertiary/aromatic N) is 1. The highest BCUT2D eigenvalue weighted by atomic mass is 32.2. The Balaban J connectivity index is 1.46. The van der Waals surface area contributed by atoms with E-state index in [2.05, 4.69) is 0 Å². The summed E-state index contributed by atoms with van der Waals surface area (Å²) in [5, 5.41) is 38.5. The monoisotopic (exact) mass is 493 g/mol. The normalized spacial score (nSPS) is 29.4. The third-order valence-electron chi connectivity index (χ3n) is 5.78. The number of carbonyl (C=O) groups is 2. The van der Waals surface area contributed by atoms with Crippen molar-refractivity contribution in [2.75, 3.05) is 17.3 Å². The second-order valence-electron chi connectivity index (χ2n) is 8.12. The first-order chi connectivity index (χ1) is 16.2. The number of aryl methyl sites for hydroxylation is 1. The summed E-state index contributed by atoms with van der Waals surface area (Å²) in [4.78, 5) is 26.8. The quantitative estimate of drug-likeness (QED) is 0.447. The molecule has 11 heteroatoms. The van der Waals surface area contributed by atoms with E-state index in [1.807, 2.05) is 0 Å². The van der Waals surface area contributed by atoms with Crippen LogP contribution in [0.25, 0.3) is 0 Å². The van der Waals surface area contributed by atoms with Crippen LogP contribution in [0.4, 0.5) is 10.1 Å². The first-order valence-electron chi connectivity index (χ1n) is 10.5. The van der Waals surface area contributed by atoms with E-state index in [1.165, 1.54) is 30.0 Å². The number of anilines is 1. The molecular weight excluding hydrogens is 469 g/mol. The Morgan fingerprint density at radius 1 is 1.12 bits per heavy atom. The molecule has 2 fully saturated rings. The summed E-state index contributed by atoms with van der Waals surface area (Å²) in [5.74, 6) is -0.949. The lowest BCUT2D eigenvalue weighted by molar-refractivity contribution is -0.286. The van der Waals surface area contributed by atoms with Gasteiger partial charge in [0.05, 0.1) is 11.3 Å². The highest BCUT2D eigenvalue weighted by molar-refractivity contribution is 8.00. The molecule has 0 bridgehead atoms. The van der Waals surface area contributed by atoms with Crippen LogP contribution in [0.2, 0.25) is 0 Å². The molecule has 4 N–H and O–H groups in total. The molecule has 0 aromatic heterocycles. The number of aliphatic hydroxyl groups is 4. The van der Waals surface area contributed by atoms with Crippen LogP contribution in [0.15, 0.2) is 42.5 Å². The molecule has 34 heavy (non-hydrogen) atoms. The number of ether oxygens (including phenoxy) is 2. The van der Waals surface area contributed by atoms with Crippen molar-refractivity contribution in [3.8, 4) is 0 Å². The predicted octanol–water partition coefficient (Wildman–Crippen LogP) is 0.869. The van der Waals surface area contributed by atoms with E-state index in [-0.39, 0.29) is 28.4 Å². The van der Waals surface area contributed by atoms with Crippen molar-refractivity contribution in [1.29, 1.82) is 0 Å². The van der Waals surface area contributed by atoms with Crippen LogP contribution >= 0.6 is 11.8 Å². The van der Waals surface area contributed by atoms with E-state index in [0.29, 0.717) is 11.3 Å². The lowest BCUT2D eigenvalue weighted by atomic mass is 9.99. The summed E-state index contributed by atoms with van der Waals surface area (Å²) in [5.41, 5.74) is 2.21. The van der Waals surface area contributed by atoms with Gasteiger partial charge in [0.25, 0.3) is 0 Å². The van der Waals surface area contributed by atoms with Gasteiger partial charge in [-0.2, -0.15) is 0 Å². The van der Waals surface area contributed by atoms with Gasteiger partial charge in [-0.15, -0.1) is 11.8 Å². The standard InChI is InChI=1S/C23H24FNO8S/c1-11-8-13(22(30)32-9-16-18(27)19(28)20(29)23(31)33-16)4-7-15(11)25-17(26)10-34-21(25)12-2-5-14(24)6-3-12/h2-8,16,18-21,23,27-29,31H,9-10H2,1H3/t16-,18+,19+,20-,21?,23?/m1/s1. The van der Waals surface area contributed by atoms with Crippen molar-refractivity contribution in [2.24, 2.45) is 0 Å². The maximum atomic E-state index is 13.3. The van der Waals surface area contributed by atoms with Gasteiger partial charge in [0.1, 0.15) is 42.2 Å². The molecule has 6 atom stereocenters. The van der Waals surface area contributed by atoms with Crippen LogP contribution in [-0.2, 0) is 14.3 Å². The maximum Gasteiger partial charge on any atom is 0.338 e. The van der Waals surface area contributed by atoms with Gasteiger partial charge in [0.15, 0.2) is 6.29 Å². The third kappa shape index (κ3) is 4.81. The van der Waals surface area contributed by atoms with Crippen molar-refractivity contribution in [2.45, 2.75) is 43.0 Å². The number of aliphatic hydroxyl groups excluding tert-OH is 4. The van der Waals surface area contributed by atoms with E-state index in [4.69, 9.17) is 9.47 Å². The lowest BCUT2D eigenvalue weighted by Crippen LogP contribution is -2.58. The highest BCUT2D eigenvalue weighted by Gasteiger charge is 2.43. The van der Waals surface area contributed by atoms with E-state index >= 15 is 0 Å². The summed E-state index contributed by atoms with van der Waals surface area (Å²) in [6.07, 6.45) is -7.85. The van der Waals surface area contributed by atoms with Gasteiger partial charge in [0, 0.05) is 5.69 Å². The van der Waals surface area contributed by atoms with Gasteiger partial charge in [-0.3, -0.25) is 9.69 Å². The number of esters is 1. The molecule has 2 aromatic carbocycles. The molecular formula is C23H24FNO8S. The minimum absolute atomic E-state index is 0.111. The van der Waals surface area contributed by atoms with E-state index in [9.17, 15) is 34.4 Å². The van der Waals surface area contributed by atoms with Gasteiger partial charge in [-0.05, 0) is 48.4 Å². The van der Waals surface area contributed by atoms with Crippen LogP contribution in [-0.4, -0.2) is 75.4 Å². The van der Waals surface area contributed by atoms with Crippen LogP contribution in [0.5, 0.6) is 0 Å². The van der Waals surface area contributed by atoms with Crippen molar-refractivity contribution in [1.82, 2.24) is 0 Å². The molecule has 0 radical (unpaired) electrons. The Labute approximate surface area is 198 Å². The molecule has 2 unspecified atom stereocenters. The molecule has 2 saturated heterocycles. The Morgan fingerprint density at radius 3 is 2.50 bits per heavy atom. The molecule has 0 aliphatic carbocycles. The summed E-state index contributed by atoms with van der Waals surface area (Å²) < 4.78 is 23.5. The van der Waals surface area contributed by atoms with Crippen LogP contribution in [0.1, 0.15) is 26.9 Å². The van der Waals surface area contributed by atoms with Crippen molar-refractivity contribution >= 4 is 29.3 Å². The number of carbonyl (C=O) groups excluding carboxylic acids is 2. The van der Waals surface area contributed by atoms with Gasteiger partial charge >= 0.3 is 5.97 Å². The van der Waals surface area contributed by atoms with E-state index in [0.717, 1.165) is 5.56 Å². The fourth-order valence-electron chi connectivity index (χ4n) is 3.92. The molecule has 9 nitrogen and oxygen atoms in total. The smallest absolute Gasteiger partial charge is 0.338 e. The van der Waals surface area contributed by atoms with Crippen LogP contribution < -0.4 is 4.90 Å². The molecule has 2 aliphatic heterocycles. The third-order valence-corrected chi connectivity index (χ3v) is 6.99. The molecule has 182 valence electrons. The Bertz CT molecular complexity index is 1070. The van der Waals surface area contributed by atoms with Crippen molar-refractivity contribution in [3.63, 3.8) is 0 Å². The second-order valence-corrected chi connectivity index (χ2v) is 9.18. The topological polar surface area (TPSA) is 137 Å². The SMILES string of the molecule is Cc1cc(C(=O)OC[C@H]2OC(O)[C@H](O)[C@@H](O)[C@H]2O)ccc1N1C(=O)CSC1c1ccc(F)cc1. The zero-order valence-electron chi connectivity index (χ0n) is 18.1. The zero-order valence-corrected chi connectivity index (χ0v) is 18.9. The van der Waals surface area contributed by atoms with E-state index in [1.54, 1.807) is 36.1 Å². The predicted molar refractivity (Wildman–Crippen MR) is 119 cm³/mol. The van der Waals surface area contributed by atoms with Crippen molar-refractivity contribution in [3.05, 3.63) is 65.0 Å². The minimum Gasteiger partial charge on any atom is -0.459 e. The van der Waals surface area contributed by atoms with Crippen molar-refractivity contribution < 1.29 is 43.9 Å². The number of amides is 1. The number of hydrogen-bond donors (Lipinski definition) is 4. The van der Waals surface area contributed by atoms with Gasteiger partial charge in [-0.1, -0.05) is 12.1 Å². The number of benzene rings is 2. The minimum atomic E-state index is -1.73. The lowest BCUT2D eigenvalue weighted by Gasteiger charge is -2.37. The number of hydrogen-bond acceptors (Lipinski definition) is 9. The molecule has 0 spiro atoms. The molecule has 2 aromatic rings. The number of halogens is 1. The van der Waals surface area contributed by atoms with E-state index < -0.39 is 43.3 Å². The largest absolute Gasteiger partial charge is 0.459 e. The average Bonchev–Trinajstić information content (AvgIpc) is 3.20. The summed E-state index contributed by atoms with van der Waals surface area (Å²) in [7, 11) is 0. The zero-order chi connectivity index (χ0) is 24.6. The summed E-state index contributed by atoms with van der Waals surface area (Å²) in [6.45, 7) is 1.28. The Morgan fingerprint density at radius 2 is 1.82 bits per heavy atom. The first kappa shape index (κ1) is 24.6. The molecule has 0 saturated carbocycles. The van der Waals surface area contributed by atoms with Gasteiger partial charge in [0.2, 0.25) is 5.91 Å². The summed E-state index contributed by atoms with van der Waals surface area (Å²) >= 11 is 1.42. The van der Waals surface area contributed by atoms with Crippen LogP contribution in [0, 0.1) is 12.7 Å². The number of thioether (sulfide) groups is 1. The Hall–Kier alpha value is -2.54. The molecule has 2 aliphatic rings. The fourth-order valence-corrected chi connectivity index (χ4v) is 5.09. The van der Waals surface area contributed by atoms with Crippen LogP contribution in [0.3, 0.4) is 0 Å². The molecule has 2 heterocycles. The first-order valence-corrected chi connectivity index (χ1v) is 11.6. The molecule has 4 rings (SSSR count). The second kappa shape index (κ2) is 9.98.